The zero-order valence-electron chi connectivity index (χ0n) is 14.6. The predicted octanol–water partition coefficient (Wildman–Crippen LogP) is 2.16. The Balaban J connectivity index is 1.62. The van der Waals surface area contributed by atoms with Crippen LogP contribution in [0.15, 0.2) is 29.4 Å². The van der Waals surface area contributed by atoms with Crippen LogP contribution in [-0.2, 0) is 28.2 Å². The first-order valence-corrected chi connectivity index (χ1v) is 10.3. The number of fused-ring (bicyclic) bond motifs is 1. The minimum absolute atomic E-state index is 0.00111. The Morgan fingerprint density at radius 3 is 2.88 bits per heavy atom. The molecule has 1 aromatic carbocycles. The SMILES string of the molecule is C[C@@H]1Cc2cc(S(=O)(=O)N3CCO[C@@H](c4cnn(C)c4)C3)cc(Cl)c2O1. The average molecular weight is 398 g/mol. The molecule has 2 aliphatic heterocycles. The molecule has 7 nitrogen and oxygen atoms in total. The molecule has 0 amide bonds. The van der Waals surface area contributed by atoms with Crippen LogP contribution in [0.5, 0.6) is 5.75 Å². The third kappa shape index (κ3) is 3.11. The van der Waals surface area contributed by atoms with E-state index >= 15 is 0 Å². The second kappa shape index (κ2) is 6.53. The Kier molecular flexibility index (Phi) is 4.46. The Morgan fingerprint density at radius 1 is 1.35 bits per heavy atom. The Morgan fingerprint density at radius 2 is 2.15 bits per heavy atom. The van der Waals surface area contributed by atoms with Crippen LogP contribution in [0, 0.1) is 0 Å². The zero-order chi connectivity index (χ0) is 18.5. The third-order valence-electron chi connectivity index (χ3n) is 4.68. The molecular weight excluding hydrogens is 378 g/mol. The van der Waals surface area contributed by atoms with Crippen LogP contribution in [0.3, 0.4) is 0 Å². The van der Waals surface area contributed by atoms with Crippen LogP contribution >= 0.6 is 11.6 Å². The smallest absolute Gasteiger partial charge is 0.243 e. The van der Waals surface area contributed by atoms with Crippen LogP contribution in [0.1, 0.15) is 24.2 Å². The molecule has 2 aliphatic rings. The lowest BCUT2D eigenvalue weighted by Gasteiger charge is -2.31. The van der Waals surface area contributed by atoms with Crippen LogP contribution < -0.4 is 4.74 Å². The molecule has 1 fully saturated rings. The standard InChI is InChI=1S/C17H20ClN3O4S/c1-11-5-12-6-14(7-15(18)17(12)25-11)26(22,23)21-3-4-24-16(10-21)13-8-19-20(2)9-13/h6-9,11,16H,3-5,10H2,1-2H3/t11-,16-/m1/s1. The van der Waals surface area contributed by atoms with Crippen molar-refractivity contribution >= 4 is 21.6 Å². The van der Waals surface area contributed by atoms with E-state index in [1.165, 1.54) is 10.4 Å². The highest BCUT2D eigenvalue weighted by Crippen LogP contribution is 2.39. The van der Waals surface area contributed by atoms with Gasteiger partial charge < -0.3 is 9.47 Å². The summed E-state index contributed by atoms with van der Waals surface area (Å²) in [6.07, 6.45) is 3.86. The number of morpholine rings is 1. The number of ether oxygens (including phenoxy) is 2. The number of sulfonamides is 1. The molecule has 2 atom stereocenters. The number of nitrogens with zero attached hydrogens (tertiary/aromatic N) is 3. The van der Waals surface area contributed by atoms with Gasteiger partial charge in [0, 0.05) is 43.9 Å². The third-order valence-corrected chi connectivity index (χ3v) is 6.81. The van der Waals surface area contributed by atoms with Crippen molar-refractivity contribution in [3.8, 4) is 5.75 Å². The average Bonchev–Trinajstić information content (AvgIpc) is 3.20. The van der Waals surface area contributed by atoms with E-state index in [0.29, 0.717) is 30.3 Å². The summed E-state index contributed by atoms with van der Waals surface area (Å²) in [5, 5.41) is 4.47. The van der Waals surface area contributed by atoms with Crippen molar-refractivity contribution in [1.29, 1.82) is 0 Å². The van der Waals surface area contributed by atoms with Crippen molar-refractivity contribution in [2.75, 3.05) is 19.7 Å². The lowest BCUT2D eigenvalue weighted by Crippen LogP contribution is -2.42. The first kappa shape index (κ1) is 17.8. The Hall–Kier alpha value is -1.61. The fourth-order valence-corrected chi connectivity index (χ4v) is 5.26. The van der Waals surface area contributed by atoms with E-state index in [2.05, 4.69) is 5.10 Å². The van der Waals surface area contributed by atoms with Gasteiger partial charge in [-0.3, -0.25) is 4.68 Å². The number of benzene rings is 1. The number of rotatable bonds is 3. The maximum Gasteiger partial charge on any atom is 0.243 e. The van der Waals surface area contributed by atoms with E-state index in [1.54, 1.807) is 16.9 Å². The fraction of sp³-hybridized carbons (Fsp3) is 0.471. The topological polar surface area (TPSA) is 73.7 Å². The molecule has 26 heavy (non-hydrogen) atoms. The number of aryl methyl sites for hydroxylation is 1. The summed E-state index contributed by atoms with van der Waals surface area (Å²) in [5.41, 5.74) is 1.70. The van der Waals surface area contributed by atoms with Crippen LogP contribution in [0.25, 0.3) is 0 Å². The van der Waals surface area contributed by atoms with Crippen LogP contribution in [-0.4, -0.2) is 48.3 Å². The summed E-state index contributed by atoms with van der Waals surface area (Å²) < 4.78 is 40.8. The predicted molar refractivity (Wildman–Crippen MR) is 95.9 cm³/mol. The number of hydrogen-bond donors (Lipinski definition) is 0. The number of hydrogen-bond acceptors (Lipinski definition) is 5. The molecule has 140 valence electrons. The van der Waals surface area contributed by atoms with Gasteiger partial charge >= 0.3 is 0 Å². The van der Waals surface area contributed by atoms with Crippen molar-refractivity contribution in [1.82, 2.24) is 14.1 Å². The van der Waals surface area contributed by atoms with Gasteiger partial charge in [-0.1, -0.05) is 11.6 Å². The molecule has 1 saturated heterocycles. The molecule has 0 N–H and O–H groups in total. The molecule has 1 aromatic heterocycles. The molecule has 2 aromatic rings. The van der Waals surface area contributed by atoms with Gasteiger partial charge in [0.2, 0.25) is 10.0 Å². The number of aromatic nitrogens is 2. The molecule has 0 spiro atoms. The van der Waals surface area contributed by atoms with E-state index in [9.17, 15) is 8.42 Å². The fourth-order valence-electron chi connectivity index (χ4n) is 3.41. The number of halogens is 1. The summed E-state index contributed by atoms with van der Waals surface area (Å²) in [6, 6.07) is 3.15. The Labute approximate surface area is 157 Å². The second-order valence-corrected chi connectivity index (χ2v) is 9.04. The molecule has 0 bridgehead atoms. The van der Waals surface area contributed by atoms with E-state index in [0.717, 1.165) is 11.1 Å². The van der Waals surface area contributed by atoms with E-state index in [4.69, 9.17) is 21.1 Å². The highest BCUT2D eigenvalue weighted by Gasteiger charge is 2.34. The summed E-state index contributed by atoms with van der Waals surface area (Å²) >= 11 is 6.27. The lowest BCUT2D eigenvalue weighted by molar-refractivity contribution is -0.00259. The Bertz CT molecular complexity index is 943. The minimum Gasteiger partial charge on any atom is -0.489 e. The summed E-state index contributed by atoms with van der Waals surface area (Å²) in [7, 11) is -1.86. The van der Waals surface area contributed by atoms with E-state index in [-0.39, 0.29) is 23.6 Å². The van der Waals surface area contributed by atoms with E-state index < -0.39 is 10.0 Å². The quantitative estimate of drug-likeness (QED) is 0.793. The van der Waals surface area contributed by atoms with Crippen molar-refractivity contribution in [3.63, 3.8) is 0 Å². The molecular formula is C17H20ClN3O4S. The molecule has 4 rings (SSSR count). The van der Waals surface area contributed by atoms with Gasteiger partial charge in [0.25, 0.3) is 0 Å². The minimum atomic E-state index is -3.67. The monoisotopic (exact) mass is 397 g/mol. The van der Waals surface area contributed by atoms with Gasteiger partial charge in [0.05, 0.1) is 28.8 Å². The molecule has 0 saturated carbocycles. The maximum atomic E-state index is 13.2. The molecule has 0 unspecified atom stereocenters. The first-order chi connectivity index (χ1) is 12.3. The van der Waals surface area contributed by atoms with Gasteiger partial charge in [-0.05, 0) is 19.1 Å². The van der Waals surface area contributed by atoms with Crippen LogP contribution in [0.2, 0.25) is 5.02 Å². The maximum absolute atomic E-state index is 13.2. The van der Waals surface area contributed by atoms with Crippen LogP contribution in [0.4, 0.5) is 0 Å². The van der Waals surface area contributed by atoms with Gasteiger partial charge in [-0.15, -0.1) is 0 Å². The van der Waals surface area contributed by atoms with Gasteiger partial charge in [-0.25, -0.2) is 8.42 Å². The van der Waals surface area contributed by atoms with Gasteiger partial charge in [0.1, 0.15) is 11.9 Å². The summed E-state index contributed by atoms with van der Waals surface area (Å²) in [5.74, 6) is 0.591. The molecule has 0 aliphatic carbocycles. The highest BCUT2D eigenvalue weighted by atomic mass is 35.5. The summed E-state index contributed by atoms with van der Waals surface area (Å²) in [6.45, 7) is 2.82. The van der Waals surface area contributed by atoms with Crippen molar-refractivity contribution in [2.24, 2.45) is 7.05 Å². The molecule has 3 heterocycles. The second-order valence-electron chi connectivity index (χ2n) is 6.70. The van der Waals surface area contributed by atoms with E-state index in [1.807, 2.05) is 20.2 Å². The lowest BCUT2D eigenvalue weighted by atomic mass is 10.1. The van der Waals surface area contributed by atoms with Gasteiger partial charge in [-0.2, -0.15) is 9.40 Å². The zero-order valence-corrected chi connectivity index (χ0v) is 16.1. The van der Waals surface area contributed by atoms with Crippen molar-refractivity contribution < 1.29 is 17.9 Å². The first-order valence-electron chi connectivity index (χ1n) is 8.44. The normalized spacial score (nSPS) is 23.7. The summed E-state index contributed by atoms with van der Waals surface area (Å²) in [4.78, 5) is 0.200. The van der Waals surface area contributed by atoms with Crippen molar-refractivity contribution in [3.05, 3.63) is 40.7 Å². The van der Waals surface area contributed by atoms with Gasteiger partial charge in [0.15, 0.2) is 0 Å². The highest BCUT2D eigenvalue weighted by molar-refractivity contribution is 7.89. The largest absolute Gasteiger partial charge is 0.489 e. The molecule has 9 heteroatoms. The molecule has 0 radical (unpaired) electrons. The van der Waals surface area contributed by atoms with Crippen molar-refractivity contribution in [2.45, 2.75) is 30.4 Å².